The summed E-state index contributed by atoms with van der Waals surface area (Å²) in [7, 11) is 1.83. The molecule has 0 amide bonds. The molecule has 0 radical (unpaired) electrons. The Morgan fingerprint density at radius 1 is 0.906 bits per heavy atom. The molecule has 32 heavy (non-hydrogen) atoms. The first-order chi connectivity index (χ1) is 15.3. The third kappa shape index (κ3) is 3.44. The lowest BCUT2D eigenvalue weighted by Crippen LogP contribution is -2.15. The maximum atomic E-state index is 6.32. The molecule has 0 atom stereocenters. The number of hydrogen-bond acceptors (Lipinski definition) is 6. The van der Waals surface area contributed by atoms with Crippen molar-refractivity contribution in [1.29, 1.82) is 0 Å². The predicted molar refractivity (Wildman–Crippen MR) is 128 cm³/mol. The molecule has 0 aliphatic carbocycles. The smallest absolute Gasteiger partial charge is 0.257 e. The fourth-order valence-electron chi connectivity index (χ4n) is 3.70. The summed E-state index contributed by atoms with van der Waals surface area (Å²) in [5.74, 6) is 2.74. The van der Waals surface area contributed by atoms with E-state index >= 15 is 0 Å². The highest BCUT2D eigenvalue weighted by atomic mass is 35.5. The van der Waals surface area contributed by atoms with Crippen molar-refractivity contribution in [3.8, 4) is 22.5 Å². The lowest BCUT2D eigenvalue weighted by molar-refractivity contribution is 0.545. The fraction of sp³-hybridized carbons (Fsp3) is 0.208. The van der Waals surface area contributed by atoms with Crippen LogP contribution in [-0.2, 0) is 5.41 Å². The van der Waals surface area contributed by atoms with Crippen LogP contribution in [0.15, 0.2) is 54.9 Å². The van der Waals surface area contributed by atoms with E-state index in [0.29, 0.717) is 16.6 Å². The Hall–Kier alpha value is -3.58. The van der Waals surface area contributed by atoms with Gasteiger partial charge in [0.2, 0.25) is 0 Å². The maximum absolute atomic E-state index is 6.32. The molecule has 5 aromatic rings. The average Bonchev–Trinajstić information content (AvgIpc) is 3.22. The first-order valence-electron chi connectivity index (χ1n) is 10.3. The Bertz CT molecular complexity index is 1450. The number of nitrogens with one attached hydrogen (secondary N) is 1. The lowest BCUT2D eigenvalue weighted by Gasteiger charge is -2.16. The standard InChI is InChI=1S/C24H22ClN7/c1-24(2,3)22-27-12-16(13-28-22)14-6-5-7-15(10-14)21-30-31-23-29-20(26-4)18-9-8-17(25)11-19(18)32(21)23/h5-13H,1-4H3,(H,26,29,31). The summed E-state index contributed by atoms with van der Waals surface area (Å²) in [5.41, 5.74) is 3.65. The van der Waals surface area contributed by atoms with Crippen molar-refractivity contribution in [2.24, 2.45) is 0 Å². The summed E-state index contributed by atoms with van der Waals surface area (Å²) >= 11 is 6.32. The molecule has 160 valence electrons. The zero-order valence-electron chi connectivity index (χ0n) is 18.3. The number of halogens is 1. The van der Waals surface area contributed by atoms with Gasteiger partial charge in [0.05, 0.1) is 5.52 Å². The molecule has 0 aliphatic heterocycles. The van der Waals surface area contributed by atoms with Gasteiger partial charge in [0.15, 0.2) is 5.82 Å². The minimum absolute atomic E-state index is 0.0949. The van der Waals surface area contributed by atoms with Crippen LogP contribution in [0, 0.1) is 0 Å². The van der Waals surface area contributed by atoms with E-state index in [1.54, 1.807) is 0 Å². The van der Waals surface area contributed by atoms with Crippen LogP contribution in [0.25, 0.3) is 39.2 Å². The van der Waals surface area contributed by atoms with Gasteiger partial charge >= 0.3 is 0 Å². The molecule has 5 rings (SSSR count). The van der Waals surface area contributed by atoms with Gasteiger partial charge in [-0.25, -0.2) is 9.97 Å². The van der Waals surface area contributed by atoms with Gasteiger partial charge in [-0.1, -0.05) is 50.6 Å². The van der Waals surface area contributed by atoms with E-state index < -0.39 is 0 Å². The highest BCUT2D eigenvalue weighted by Gasteiger charge is 2.18. The lowest BCUT2D eigenvalue weighted by atomic mass is 9.95. The van der Waals surface area contributed by atoms with Crippen molar-refractivity contribution in [2.75, 3.05) is 12.4 Å². The van der Waals surface area contributed by atoms with Gasteiger partial charge in [-0.05, 0) is 29.8 Å². The third-order valence-corrected chi connectivity index (χ3v) is 5.56. The van der Waals surface area contributed by atoms with Crippen molar-refractivity contribution < 1.29 is 0 Å². The number of benzene rings is 2. The molecule has 0 spiro atoms. The zero-order chi connectivity index (χ0) is 22.5. The number of aromatic nitrogens is 6. The first kappa shape index (κ1) is 20.3. The van der Waals surface area contributed by atoms with E-state index in [1.807, 2.05) is 60.2 Å². The largest absolute Gasteiger partial charge is 0.372 e. The second kappa shape index (κ2) is 7.53. The molecule has 0 saturated heterocycles. The van der Waals surface area contributed by atoms with Crippen LogP contribution >= 0.6 is 11.6 Å². The molecular weight excluding hydrogens is 422 g/mol. The topological polar surface area (TPSA) is 80.9 Å². The fourth-order valence-corrected chi connectivity index (χ4v) is 3.87. The van der Waals surface area contributed by atoms with E-state index in [1.165, 1.54) is 0 Å². The van der Waals surface area contributed by atoms with E-state index in [2.05, 4.69) is 57.3 Å². The van der Waals surface area contributed by atoms with Crippen LogP contribution in [-0.4, -0.2) is 36.6 Å². The normalized spacial score (nSPS) is 11.9. The van der Waals surface area contributed by atoms with Crippen LogP contribution < -0.4 is 5.32 Å². The Morgan fingerprint density at radius 2 is 1.66 bits per heavy atom. The van der Waals surface area contributed by atoms with Crippen molar-refractivity contribution >= 4 is 34.1 Å². The van der Waals surface area contributed by atoms with Crippen molar-refractivity contribution in [1.82, 2.24) is 29.5 Å². The van der Waals surface area contributed by atoms with Gasteiger partial charge in [0.1, 0.15) is 11.6 Å². The highest BCUT2D eigenvalue weighted by Crippen LogP contribution is 2.31. The first-order valence-corrected chi connectivity index (χ1v) is 10.7. The number of nitrogens with zero attached hydrogens (tertiary/aromatic N) is 6. The molecule has 0 aliphatic rings. The van der Waals surface area contributed by atoms with Gasteiger partial charge in [-0.3, -0.25) is 4.40 Å². The number of rotatable bonds is 3. The molecule has 7 nitrogen and oxygen atoms in total. The van der Waals surface area contributed by atoms with E-state index in [4.69, 9.17) is 11.6 Å². The molecule has 1 N–H and O–H groups in total. The molecule has 0 bridgehead atoms. The highest BCUT2D eigenvalue weighted by molar-refractivity contribution is 6.31. The average molecular weight is 444 g/mol. The van der Waals surface area contributed by atoms with Crippen LogP contribution in [0.3, 0.4) is 0 Å². The number of fused-ring (bicyclic) bond motifs is 3. The second-order valence-electron chi connectivity index (χ2n) is 8.66. The minimum atomic E-state index is -0.0949. The Balaban J connectivity index is 1.66. The van der Waals surface area contributed by atoms with Gasteiger partial charge in [-0.15, -0.1) is 10.2 Å². The zero-order valence-corrected chi connectivity index (χ0v) is 19.0. The van der Waals surface area contributed by atoms with Crippen molar-refractivity contribution in [3.63, 3.8) is 0 Å². The molecule has 0 fully saturated rings. The maximum Gasteiger partial charge on any atom is 0.257 e. The monoisotopic (exact) mass is 443 g/mol. The van der Waals surface area contributed by atoms with Gasteiger partial charge < -0.3 is 5.32 Å². The quantitative estimate of drug-likeness (QED) is 0.402. The molecule has 0 unspecified atom stereocenters. The minimum Gasteiger partial charge on any atom is -0.372 e. The summed E-state index contributed by atoms with van der Waals surface area (Å²) < 4.78 is 1.93. The third-order valence-electron chi connectivity index (χ3n) is 5.33. The molecule has 0 saturated carbocycles. The Morgan fingerprint density at radius 3 is 2.38 bits per heavy atom. The van der Waals surface area contributed by atoms with Crippen molar-refractivity contribution in [3.05, 3.63) is 65.7 Å². The summed E-state index contributed by atoms with van der Waals surface area (Å²) in [4.78, 5) is 13.8. The van der Waals surface area contributed by atoms with Crippen molar-refractivity contribution in [2.45, 2.75) is 26.2 Å². The molecule has 8 heteroatoms. The van der Waals surface area contributed by atoms with Crippen LogP contribution in [0.2, 0.25) is 5.02 Å². The Kier molecular flexibility index (Phi) is 4.78. The van der Waals surface area contributed by atoms with Gasteiger partial charge in [0, 0.05) is 46.4 Å². The number of anilines is 1. The second-order valence-corrected chi connectivity index (χ2v) is 9.09. The van der Waals surface area contributed by atoms with E-state index in [-0.39, 0.29) is 5.41 Å². The summed E-state index contributed by atoms with van der Waals surface area (Å²) in [6.45, 7) is 6.30. The van der Waals surface area contributed by atoms with Crippen LogP contribution in [0.4, 0.5) is 5.82 Å². The Labute approximate surface area is 190 Å². The molecule has 2 aromatic carbocycles. The molecule has 3 heterocycles. The molecular formula is C24H22ClN7. The SMILES string of the molecule is CNc1nc2nnc(-c3cccc(-c4cnc(C(C)(C)C)nc4)c3)n2c2cc(Cl)ccc12. The summed E-state index contributed by atoms with van der Waals surface area (Å²) in [6, 6.07) is 13.8. The van der Waals surface area contributed by atoms with E-state index in [9.17, 15) is 0 Å². The molecule has 3 aromatic heterocycles. The van der Waals surface area contributed by atoms with Crippen LogP contribution in [0.5, 0.6) is 0 Å². The predicted octanol–water partition coefficient (Wildman–Crippen LogP) is 5.39. The number of hydrogen-bond donors (Lipinski definition) is 1. The van der Waals surface area contributed by atoms with Gasteiger partial charge in [-0.2, -0.15) is 4.98 Å². The van der Waals surface area contributed by atoms with Gasteiger partial charge in [0.25, 0.3) is 5.78 Å². The van der Waals surface area contributed by atoms with E-state index in [0.717, 1.165) is 39.2 Å². The summed E-state index contributed by atoms with van der Waals surface area (Å²) in [6.07, 6.45) is 3.73. The van der Waals surface area contributed by atoms with Crippen LogP contribution in [0.1, 0.15) is 26.6 Å². The summed E-state index contributed by atoms with van der Waals surface area (Å²) in [5, 5.41) is 13.5.